The van der Waals surface area contributed by atoms with Gasteiger partial charge in [-0.1, -0.05) is 12.5 Å². The van der Waals surface area contributed by atoms with Gasteiger partial charge in [-0.2, -0.15) is 0 Å². The number of carbonyl (C=O) groups is 3. The molecule has 0 saturated heterocycles. The molecule has 0 amide bonds. The van der Waals surface area contributed by atoms with Gasteiger partial charge in [0.15, 0.2) is 5.78 Å². The van der Waals surface area contributed by atoms with E-state index in [1.54, 1.807) is 0 Å². The average molecular weight is 374 g/mol. The molecular weight excluding hydrogens is 344 g/mol. The molecule has 0 heterocycles. The Morgan fingerprint density at radius 1 is 1.15 bits per heavy atom. The second-order valence-electron chi connectivity index (χ2n) is 9.50. The van der Waals surface area contributed by atoms with Crippen molar-refractivity contribution in [2.45, 2.75) is 65.2 Å². The number of hydrogen-bond donors (Lipinski definition) is 1. The van der Waals surface area contributed by atoms with E-state index < -0.39 is 5.97 Å². The predicted octanol–water partition coefficient (Wildman–Crippen LogP) is 3.76. The van der Waals surface area contributed by atoms with Crippen LogP contribution in [0.5, 0.6) is 0 Å². The van der Waals surface area contributed by atoms with Crippen molar-refractivity contribution in [1.29, 1.82) is 0 Å². The Morgan fingerprint density at radius 2 is 1.93 bits per heavy atom. The summed E-state index contributed by atoms with van der Waals surface area (Å²) >= 11 is 0. The topological polar surface area (TPSA) is 80.7 Å². The highest BCUT2D eigenvalue weighted by Gasteiger charge is 2.61. The smallest absolute Gasteiger partial charge is 0.307 e. The van der Waals surface area contributed by atoms with E-state index in [0.29, 0.717) is 30.8 Å². The molecule has 0 unspecified atom stereocenters. The second-order valence-corrected chi connectivity index (χ2v) is 9.50. The van der Waals surface area contributed by atoms with Crippen LogP contribution in [0.1, 0.15) is 65.2 Å². The van der Waals surface area contributed by atoms with Crippen LogP contribution in [0, 0.1) is 34.5 Å². The number of carboxylic acids is 1. The van der Waals surface area contributed by atoms with Crippen molar-refractivity contribution in [2.24, 2.45) is 34.5 Å². The Kier molecular flexibility index (Phi) is 4.47. The molecule has 3 saturated carbocycles. The fourth-order valence-electron chi connectivity index (χ4n) is 7.27. The van der Waals surface area contributed by atoms with Crippen LogP contribution < -0.4 is 0 Å². The van der Waals surface area contributed by atoms with E-state index in [4.69, 9.17) is 4.74 Å². The SMILES string of the molecule is CC(=O)OC[C@@]12CCC(=O)C=C1CC[C@H]1[C@H]2CC[C@@]2(C)[C@@H]1CC[C@H]2C(=O)O. The minimum absolute atomic E-state index is 0.124. The lowest BCUT2D eigenvalue weighted by Crippen LogP contribution is -2.53. The number of aliphatic carboxylic acids is 1. The molecule has 0 aromatic rings. The molecule has 27 heavy (non-hydrogen) atoms. The fourth-order valence-corrected chi connectivity index (χ4v) is 7.27. The van der Waals surface area contributed by atoms with Gasteiger partial charge in [-0.25, -0.2) is 0 Å². The maximum Gasteiger partial charge on any atom is 0.307 e. The molecule has 4 rings (SSSR count). The molecule has 0 aromatic carbocycles. The molecule has 6 atom stereocenters. The Morgan fingerprint density at radius 3 is 2.63 bits per heavy atom. The Labute approximate surface area is 160 Å². The lowest BCUT2D eigenvalue weighted by molar-refractivity contribution is -0.155. The molecule has 0 aliphatic heterocycles. The van der Waals surface area contributed by atoms with Crippen molar-refractivity contribution in [1.82, 2.24) is 0 Å². The summed E-state index contributed by atoms with van der Waals surface area (Å²) in [7, 11) is 0. The molecule has 5 nitrogen and oxygen atoms in total. The zero-order valence-corrected chi connectivity index (χ0v) is 16.3. The van der Waals surface area contributed by atoms with Crippen LogP contribution in [0.4, 0.5) is 0 Å². The van der Waals surface area contributed by atoms with E-state index in [0.717, 1.165) is 44.9 Å². The van der Waals surface area contributed by atoms with Crippen LogP contribution in [0.3, 0.4) is 0 Å². The van der Waals surface area contributed by atoms with Crippen molar-refractivity contribution in [3.05, 3.63) is 11.6 Å². The first-order valence-electron chi connectivity index (χ1n) is 10.4. The minimum atomic E-state index is -0.646. The summed E-state index contributed by atoms with van der Waals surface area (Å²) in [6, 6.07) is 0. The van der Waals surface area contributed by atoms with Gasteiger partial charge in [0.25, 0.3) is 0 Å². The van der Waals surface area contributed by atoms with Gasteiger partial charge in [0.1, 0.15) is 6.61 Å². The molecule has 0 aromatic heterocycles. The Bertz CT molecular complexity index is 709. The molecule has 1 N–H and O–H groups in total. The molecule has 4 aliphatic carbocycles. The lowest BCUT2D eigenvalue weighted by Gasteiger charge is -2.58. The van der Waals surface area contributed by atoms with Crippen LogP contribution in [0.25, 0.3) is 0 Å². The first-order chi connectivity index (χ1) is 12.8. The second kappa shape index (κ2) is 6.46. The number of hydrogen-bond acceptors (Lipinski definition) is 4. The normalized spacial score (nSPS) is 43.2. The number of ether oxygens (including phenoxy) is 1. The highest BCUT2D eigenvalue weighted by molar-refractivity contribution is 5.91. The zero-order valence-electron chi connectivity index (χ0n) is 16.3. The number of fused-ring (bicyclic) bond motifs is 5. The van der Waals surface area contributed by atoms with Gasteiger partial charge < -0.3 is 9.84 Å². The average Bonchev–Trinajstić information content (AvgIpc) is 2.97. The predicted molar refractivity (Wildman–Crippen MR) is 98.8 cm³/mol. The summed E-state index contributed by atoms with van der Waals surface area (Å²) in [5.41, 5.74) is 0.838. The minimum Gasteiger partial charge on any atom is -0.481 e. The third-order valence-corrected chi connectivity index (χ3v) is 8.52. The quantitative estimate of drug-likeness (QED) is 0.761. The van der Waals surface area contributed by atoms with Crippen molar-refractivity contribution in [3.63, 3.8) is 0 Å². The van der Waals surface area contributed by atoms with Gasteiger partial charge >= 0.3 is 11.9 Å². The number of rotatable bonds is 3. The maximum atomic E-state index is 12.1. The summed E-state index contributed by atoms with van der Waals surface area (Å²) < 4.78 is 5.54. The van der Waals surface area contributed by atoms with E-state index in [1.807, 2.05) is 6.08 Å². The third-order valence-electron chi connectivity index (χ3n) is 8.52. The van der Waals surface area contributed by atoms with Crippen molar-refractivity contribution < 1.29 is 24.2 Å². The van der Waals surface area contributed by atoms with E-state index in [2.05, 4.69) is 6.92 Å². The first-order valence-corrected chi connectivity index (χ1v) is 10.4. The highest BCUT2D eigenvalue weighted by Crippen LogP contribution is 2.66. The highest BCUT2D eigenvalue weighted by atomic mass is 16.5. The summed E-state index contributed by atoms with van der Waals surface area (Å²) in [4.78, 5) is 35.4. The van der Waals surface area contributed by atoms with E-state index in [1.165, 1.54) is 12.5 Å². The number of carboxylic acid groups (broad SMARTS) is 1. The van der Waals surface area contributed by atoms with Gasteiger partial charge in [0.05, 0.1) is 5.92 Å². The standard InChI is InChI=1S/C22H30O5/c1-13(23)27-12-22-10-7-15(24)11-14(22)3-4-16-17-5-6-19(20(25)26)21(17,2)9-8-18(16)22/h11,16-19H,3-10,12H2,1-2H3,(H,25,26)/t16-,17-,18-,19+,21+,22+/m1/s1. The largest absolute Gasteiger partial charge is 0.481 e. The lowest BCUT2D eigenvalue weighted by atomic mass is 9.46. The molecule has 0 radical (unpaired) electrons. The van der Waals surface area contributed by atoms with Crippen LogP contribution in [-0.4, -0.2) is 29.4 Å². The molecule has 0 spiro atoms. The summed E-state index contributed by atoms with van der Waals surface area (Å²) in [6.07, 6.45) is 8.65. The van der Waals surface area contributed by atoms with Crippen LogP contribution >= 0.6 is 0 Å². The van der Waals surface area contributed by atoms with Crippen LogP contribution in [0.15, 0.2) is 11.6 Å². The maximum absolute atomic E-state index is 12.1. The Balaban J connectivity index is 1.68. The molecule has 3 fully saturated rings. The summed E-state index contributed by atoms with van der Waals surface area (Å²) in [6.45, 7) is 4.00. The van der Waals surface area contributed by atoms with Crippen LogP contribution in [-0.2, 0) is 19.1 Å². The Hall–Kier alpha value is -1.65. The first kappa shape index (κ1) is 18.7. The van der Waals surface area contributed by atoms with E-state index >= 15 is 0 Å². The van der Waals surface area contributed by atoms with Crippen molar-refractivity contribution >= 4 is 17.7 Å². The van der Waals surface area contributed by atoms with E-state index in [9.17, 15) is 19.5 Å². The number of esters is 1. The van der Waals surface area contributed by atoms with E-state index in [-0.39, 0.29) is 28.5 Å². The fraction of sp³-hybridized carbons (Fsp3) is 0.773. The van der Waals surface area contributed by atoms with Gasteiger partial charge in [-0.15, -0.1) is 0 Å². The van der Waals surface area contributed by atoms with Crippen molar-refractivity contribution in [2.75, 3.05) is 6.61 Å². The summed E-state index contributed by atoms with van der Waals surface area (Å²) in [5.74, 6) is 0.311. The third kappa shape index (κ3) is 2.76. The molecule has 5 heteroatoms. The molecule has 0 bridgehead atoms. The monoisotopic (exact) mass is 374 g/mol. The molecular formula is C22H30O5. The number of carbonyl (C=O) groups excluding carboxylic acids is 2. The van der Waals surface area contributed by atoms with Gasteiger partial charge in [-0.05, 0) is 74.2 Å². The summed E-state index contributed by atoms with van der Waals surface area (Å²) in [5, 5.41) is 9.72. The zero-order chi connectivity index (χ0) is 19.4. The van der Waals surface area contributed by atoms with Crippen LogP contribution in [0.2, 0.25) is 0 Å². The van der Waals surface area contributed by atoms with Gasteiger partial charge in [0, 0.05) is 18.8 Å². The van der Waals surface area contributed by atoms with Gasteiger partial charge in [-0.3, -0.25) is 14.4 Å². The molecule has 148 valence electrons. The molecule has 4 aliphatic rings. The van der Waals surface area contributed by atoms with Gasteiger partial charge in [0.2, 0.25) is 0 Å². The van der Waals surface area contributed by atoms with Crippen molar-refractivity contribution in [3.8, 4) is 0 Å². The number of ketones is 1.